The van der Waals surface area contributed by atoms with Crippen molar-refractivity contribution in [1.82, 2.24) is 10.3 Å². The minimum absolute atomic E-state index is 0.187. The van der Waals surface area contributed by atoms with Crippen LogP contribution in [-0.4, -0.2) is 11.5 Å². The van der Waals surface area contributed by atoms with Gasteiger partial charge in [0.2, 0.25) is 0 Å². The Morgan fingerprint density at radius 2 is 1.76 bits per heavy atom. The van der Waals surface area contributed by atoms with Crippen LogP contribution in [0.3, 0.4) is 0 Å². The summed E-state index contributed by atoms with van der Waals surface area (Å²) >= 11 is 0. The van der Waals surface area contributed by atoms with Crippen LogP contribution >= 0.6 is 0 Å². The van der Waals surface area contributed by atoms with Crippen LogP contribution < -0.4 is 5.32 Å². The molecule has 2 nitrogen and oxygen atoms in total. The molecule has 0 radical (unpaired) electrons. The smallest absolute Gasteiger partial charge is 0.0754 e. The molecular weight excluding hydrogens is 256 g/mol. The van der Waals surface area contributed by atoms with Gasteiger partial charge in [-0.25, -0.2) is 0 Å². The van der Waals surface area contributed by atoms with E-state index in [2.05, 4.69) is 61.4 Å². The summed E-state index contributed by atoms with van der Waals surface area (Å²) in [6, 6.07) is 13.3. The first-order chi connectivity index (χ1) is 10.3. The number of hydrogen-bond donors (Lipinski definition) is 1. The number of nitrogens with zero attached hydrogens (tertiary/aromatic N) is 1. The van der Waals surface area contributed by atoms with Gasteiger partial charge in [-0.3, -0.25) is 4.98 Å². The van der Waals surface area contributed by atoms with E-state index in [1.54, 1.807) is 0 Å². The van der Waals surface area contributed by atoms with Crippen molar-refractivity contribution in [2.24, 2.45) is 0 Å². The van der Waals surface area contributed by atoms with Gasteiger partial charge in [0.1, 0.15) is 0 Å². The van der Waals surface area contributed by atoms with E-state index in [1.807, 2.05) is 12.3 Å². The molecule has 21 heavy (non-hydrogen) atoms. The summed E-state index contributed by atoms with van der Waals surface area (Å²) in [6.07, 6.45) is 5.12. The van der Waals surface area contributed by atoms with Crippen molar-refractivity contribution < 1.29 is 0 Å². The summed E-state index contributed by atoms with van der Waals surface area (Å²) in [5, 5.41) is 3.65. The third-order valence-corrected chi connectivity index (χ3v) is 3.90. The van der Waals surface area contributed by atoms with Gasteiger partial charge >= 0.3 is 0 Å². The van der Waals surface area contributed by atoms with Crippen LogP contribution in [0.15, 0.2) is 42.6 Å². The Labute approximate surface area is 128 Å². The van der Waals surface area contributed by atoms with E-state index >= 15 is 0 Å². The number of benzene rings is 1. The van der Waals surface area contributed by atoms with E-state index in [0.717, 1.165) is 31.5 Å². The van der Waals surface area contributed by atoms with Gasteiger partial charge in [-0.05, 0) is 48.6 Å². The van der Waals surface area contributed by atoms with Crippen molar-refractivity contribution in [3.8, 4) is 0 Å². The summed E-state index contributed by atoms with van der Waals surface area (Å²) in [7, 11) is 0. The molecule has 1 N–H and O–H groups in total. The van der Waals surface area contributed by atoms with Crippen molar-refractivity contribution in [1.29, 1.82) is 0 Å². The van der Waals surface area contributed by atoms with Gasteiger partial charge < -0.3 is 5.32 Å². The Morgan fingerprint density at radius 3 is 2.38 bits per heavy atom. The maximum absolute atomic E-state index is 4.66. The van der Waals surface area contributed by atoms with Crippen molar-refractivity contribution in [3.05, 3.63) is 65.0 Å². The van der Waals surface area contributed by atoms with Gasteiger partial charge in [0.15, 0.2) is 0 Å². The fourth-order valence-corrected chi connectivity index (χ4v) is 2.62. The molecular formula is C19H26N2. The average molecular weight is 282 g/mol. The summed E-state index contributed by atoms with van der Waals surface area (Å²) in [5.74, 6) is 0. The lowest BCUT2D eigenvalue weighted by molar-refractivity contribution is 0.581. The minimum Gasteiger partial charge on any atom is -0.305 e. The molecule has 0 fully saturated rings. The van der Waals surface area contributed by atoms with Gasteiger partial charge in [0.05, 0.1) is 11.7 Å². The molecule has 0 saturated carbocycles. The van der Waals surface area contributed by atoms with Crippen molar-refractivity contribution in [2.75, 3.05) is 6.54 Å². The zero-order valence-corrected chi connectivity index (χ0v) is 13.4. The Kier molecular flexibility index (Phi) is 5.94. The summed E-state index contributed by atoms with van der Waals surface area (Å²) in [5.41, 5.74) is 5.17. The maximum atomic E-state index is 4.66. The van der Waals surface area contributed by atoms with E-state index in [1.165, 1.54) is 16.7 Å². The third-order valence-electron chi connectivity index (χ3n) is 3.90. The highest BCUT2D eigenvalue weighted by Crippen LogP contribution is 2.24. The predicted octanol–water partition coefficient (Wildman–Crippen LogP) is 4.30. The van der Waals surface area contributed by atoms with Gasteiger partial charge in [0, 0.05) is 6.20 Å². The zero-order valence-electron chi connectivity index (χ0n) is 13.4. The molecule has 0 aliphatic heterocycles. The number of hydrogen-bond acceptors (Lipinski definition) is 2. The van der Waals surface area contributed by atoms with Crippen LogP contribution in [0, 0.1) is 0 Å². The Bertz CT molecular complexity index is 546. The van der Waals surface area contributed by atoms with Crippen molar-refractivity contribution >= 4 is 0 Å². The molecule has 0 aliphatic rings. The molecule has 112 valence electrons. The molecule has 0 aliphatic carbocycles. The zero-order chi connectivity index (χ0) is 15.1. The molecule has 0 bridgehead atoms. The average Bonchev–Trinajstić information content (AvgIpc) is 2.56. The fourth-order valence-electron chi connectivity index (χ4n) is 2.62. The highest BCUT2D eigenvalue weighted by atomic mass is 14.9. The molecule has 0 spiro atoms. The second kappa shape index (κ2) is 7.94. The molecule has 1 unspecified atom stereocenters. The van der Waals surface area contributed by atoms with Crippen LogP contribution in [-0.2, 0) is 12.8 Å². The molecule has 1 heterocycles. The topological polar surface area (TPSA) is 24.9 Å². The number of nitrogens with one attached hydrogen (secondary N) is 1. The Balaban J connectivity index is 2.36. The lowest BCUT2D eigenvalue weighted by Gasteiger charge is -2.21. The third kappa shape index (κ3) is 3.92. The van der Waals surface area contributed by atoms with Crippen molar-refractivity contribution in [3.63, 3.8) is 0 Å². The maximum Gasteiger partial charge on any atom is 0.0754 e. The minimum atomic E-state index is 0.187. The first kappa shape index (κ1) is 15.7. The number of rotatable bonds is 7. The highest BCUT2D eigenvalue weighted by Gasteiger charge is 2.17. The first-order valence-electron chi connectivity index (χ1n) is 8.06. The van der Waals surface area contributed by atoms with Gasteiger partial charge in [-0.15, -0.1) is 0 Å². The second-order valence-corrected chi connectivity index (χ2v) is 5.38. The van der Waals surface area contributed by atoms with Gasteiger partial charge in [-0.1, -0.05) is 51.1 Å². The lowest BCUT2D eigenvalue weighted by atomic mass is 9.97. The van der Waals surface area contributed by atoms with Crippen LogP contribution in [0.5, 0.6) is 0 Å². The Hall–Kier alpha value is -1.67. The number of aryl methyl sites for hydroxylation is 2. The highest BCUT2D eigenvalue weighted by molar-refractivity contribution is 5.34. The molecule has 2 aromatic rings. The van der Waals surface area contributed by atoms with E-state index in [0.29, 0.717) is 0 Å². The standard InChI is InChI=1S/C19H26N2/c1-4-13-20-19(17-11-9-15(5-2)10-12-17)18-16(6-3)8-7-14-21-18/h7-12,14,19-20H,4-6,13H2,1-3H3. The van der Waals surface area contributed by atoms with Gasteiger partial charge in [0.25, 0.3) is 0 Å². The fraction of sp³-hybridized carbons (Fsp3) is 0.421. The molecule has 0 saturated heterocycles. The molecule has 0 amide bonds. The molecule has 1 aromatic carbocycles. The van der Waals surface area contributed by atoms with E-state index in [4.69, 9.17) is 0 Å². The largest absolute Gasteiger partial charge is 0.305 e. The molecule has 1 atom stereocenters. The second-order valence-electron chi connectivity index (χ2n) is 5.38. The molecule has 2 heteroatoms. The normalized spacial score (nSPS) is 12.3. The molecule has 2 rings (SSSR count). The van der Waals surface area contributed by atoms with Gasteiger partial charge in [-0.2, -0.15) is 0 Å². The molecule has 1 aromatic heterocycles. The van der Waals surface area contributed by atoms with Crippen molar-refractivity contribution in [2.45, 2.75) is 46.1 Å². The van der Waals surface area contributed by atoms with E-state index < -0.39 is 0 Å². The SMILES string of the molecule is CCCNC(c1ccc(CC)cc1)c1ncccc1CC. The van der Waals surface area contributed by atoms with Crippen LogP contribution in [0.25, 0.3) is 0 Å². The summed E-state index contributed by atoms with van der Waals surface area (Å²) in [6.45, 7) is 7.58. The van der Waals surface area contributed by atoms with E-state index in [9.17, 15) is 0 Å². The summed E-state index contributed by atoms with van der Waals surface area (Å²) in [4.78, 5) is 4.66. The Morgan fingerprint density at radius 1 is 1.00 bits per heavy atom. The number of aromatic nitrogens is 1. The van der Waals surface area contributed by atoms with Crippen LogP contribution in [0.1, 0.15) is 55.6 Å². The van der Waals surface area contributed by atoms with Crippen LogP contribution in [0.2, 0.25) is 0 Å². The number of pyridine rings is 1. The lowest BCUT2D eigenvalue weighted by Crippen LogP contribution is -2.25. The quantitative estimate of drug-likeness (QED) is 0.819. The van der Waals surface area contributed by atoms with Crippen LogP contribution in [0.4, 0.5) is 0 Å². The summed E-state index contributed by atoms with van der Waals surface area (Å²) < 4.78 is 0. The first-order valence-corrected chi connectivity index (χ1v) is 8.06. The predicted molar refractivity (Wildman–Crippen MR) is 89.6 cm³/mol. The van der Waals surface area contributed by atoms with E-state index in [-0.39, 0.29) is 6.04 Å². The monoisotopic (exact) mass is 282 g/mol.